The number of piperidine rings is 1. The third-order valence-corrected chi connectivity index (χ3v) is 9.62. The summed E-state index contributed by atoms with van der Waals surface area (Å²) in [5.41, 5.74) is 1.14. The number of nitrogens with one attached hydrogen (secondary N) is 2. The van der Waals surface area contributed by atoms with E-state index < -0.39 is 27.5 Å². The van der Waals surface area contributed by atoms with Gasteiger partial charge in [-0.15, -0.1) is 0 Å². The van der Waals surface area contributed by atoms with Gasteiger partial charge in [0.25, 0.3) is 0 Å². The Morgan fingerprint density at radius 2 is 1.88 bits per heavy atom. The van der Waals surface area contributed by atoms with Crippen molar-refractivity contribution in [3.63, 3.8) is 0 Å². The third kappa shape index (κ3) is 8.36. The summed E-state index contributed by atoms with van der Waals surface area (Å²) in [6.45, 7) is 8.97. The summed E-state index contributed by atoms with van der Waals surface area (Å²) in [5, 5.41) is 4.21. The van der Waals surface area contributed by atoms with Gasteiger partial charge in [0.05, 0.1) is 28.8 Å². The number of amides is 1. The van der Waals surface area contributed by atoms with Crippen LogP contribution in [-0.4, -0.2) is 77.6 Å². The Bertz CT molecular complexity index is 1950. The number of halogens is 1. The molecule has 2 atom stereocenters. The Kier molecular flexibility index (Phi) is 9.89. The van der Waals surface area contributed by atoms with E-state index in [4.69, 9.17) is 19.2 Å². The molecular weight excluding hydrogens is 651 g/mol. The number of nitrogens with zero attached hydrogens (tertiary/aromatic N) is 4. The van der Waals surface area contributed by atoms with Crippen molar-refractivity contribution in [2.45, 2.75) is 71.1 Å². The van der Waals surface area contributed by atoms with Crippen molar-refractivity contribution in [3.8, 4) is 22.9 Å². The number of ether oxygens (including phenoxy) is 3. The lowest BCUT2D eigenvalue weighted by molar-refractivity contribution is 0.0206. The molecule has 2 saturated heterocycles. The van der Waals surface area contributed by atoms with E-state index in [1.54, 1.807) is 47.6 Å². The van der Waals surface area contributed by atoms with Gasteiger partial charge in [-0.25, -0.2) is 32.6 Å². The first-order chi connectivity index (χ1) is 23.3. The Balaban J connectivity index is 1.25. The summed E-state index contributed by atoms with van der Waals surface area (Å²) >= 11 is 0. The molecule has 6 rings (SSSR count). The zero-order valence-corrected chi connectivity index (χ0v) is 28.8. The molecule has 12 nitrogen and oxygen atoms in total. The molecule has 1 unspecified atom stereocenters. The molecular formula is C35H41FN6O6S. The average molecular weight is 693 g/mol. The minimum absolute atomic E-state index is 0.0721. The monoisotopic (exact) mass is 692 g/mol. The molecule has 2 aromatic carbocycles. The van der Waals surface area contributed by atoms with Crippen molar-refractivity contribution in [2.75, 3.05) is 35.5 Å². The molecule has 1 amide bonds. The predicted molar refractivity (Wildman–Crippen MR) is 185 cm³/mol. The second-order valence-corrected chi connectivity index (χ2v) is 15.1. The summed E-state index contributed by atoms with van der Waals surface area (Å²) < 4.78 is 61.1. The molecule has 4 aromatic rings. The summed E-state index contributed by atoms with van der Waals surface area (Å²) in [5.74, 6) is 0.0775. The number of carbonyl (C=O) groups is 1. The first kappa shape index (κ1) is 34.3. The molecule has 0 radical (unpaired) electrons. The van der Waals surface area contributed by atoms with Crippen LogP contribution in [0.5, 0.6) is 11.6 Å². The Hall–Kier alpha value is -4.56. The van der Waals surface area contributed by atoms with Gasteiger partial charge >= 0.3 is 6.09 Å². The molecule has 0 saturated carbocycles. The fraction of sp³-hybridized carbons (Fsp3) is 0.429. The van der Waals surface area contributed by atoms with E-state index in [1.165, 1.54) is 6.07 Å². The van der Waals surface area contributed by atoms with E-state index in [9.17, 15) is 13.2 Å². The number of sulfonamides is 1. The number of pyridine rings is 1. The van der Waals surface area contributed by atoms with Crippen LogP contribution in [0.25, 0.3) is 22.0 Å². The second kappa shape index (κ2) is 14.1. The number of anilines is 2. The van der Waals surface area contributed by atoms with Crippen molar-refractivity contribution < 1.29 is 31.8 Å². The maximum atomic E-state index is 15.2. The molecule has 0 bridgehead atoms. The molecule has 2 aromatic heterocycles. The first-order valence-electron chi connectivity index (χ1n) is 16.4. The van der Waals surface area contributed by atoms with Crippen LogP contribution < -0.4 is 14.8 Å². The van der Waals surface area contributed by atoms with Gasteiger partial charge in [0.2, 0.25) is 21.9 Å². The first-order valence-corrected chi connectivity index (χ1v) is 18.0. The van der Waals surface area contributed by atoms with Gasteiger partial charge in [-0.05, 0) is 89.3 Å². The van der Waals surface area contributed by atoms with E-state index in [0.29, 0.717) is 59.8 Å². The number of hydrogen-bond donors (Lipinski definition) is 2. The van der Waals surface area contributed by atoms with Crippen LogP contribution in [0.4, 0.5) is 20.8 Å². The zero-order valence-electron chi connectivity index (χ0n) is 28.0. The lowest BCUT2D eigenvalue weighted by Gasteiger charge is -2.34. The van der Waals surface area contributed by atoms with E-state index in [1.807, 2.05) is 33.8 Å². The standard InChI is InChI=1S/C35H41FN6O6S/c1-22-11-12-25-26(13-14-28(36)30(25)41-49(44,45)21-24-9-7-19-46-24)31(22)47-32-27(10-5-16-37-32)29-15-17-38-33(40-29)39-23-8-6-18-42(20-23)34(43)48-35(2,3)4/h5,10-17,23-24,41H,6-9,18-21H2,1-4H3,(H,38,39,40)/t23?,24-/m0/s1. The van der Waals surface area contributed by atoms with Crippen molar-refractivity contribution >= 4 is 38.5 Å². The van der Waals surface area contributed by atoms with Crippen molar-refractivity contribution in [2.24, 2.45) is 0 Å². The number of hydrogen-bond acceptors (Lipinski definition) is 10. The Morgan fingerprint density at radius 1 is 1.06 bits per heavy atom. The van der Waals surface area contributed by atoms with Crippen molar-refractivity contribution in [1.82, 2.24) is 19.9 Å². The molecule has 260 valence electrons. The van der Waals surface area contributed by atoms with Gasteiger partial charge in [-0.3, -0.25) is 4.72 Å². The van der Waals surface area contributed by atoms with Crippen molar-refractivity contribution in [1.29, 1.82) is 0 Å². The van der Waals surface area contributed by atoms with E-state index in [2.05, 4.69) is 20.0 Å². The van der Waals surface area contributed by atoms with Crippen LogP contribution in [0.3, 0.4) is 0 Å². The molecule has 2 aliphatic heterocycles. The van der Waals surface area contributed by atoms with Crippen LogP contribution >= 0.6 is 0 Å². The smallest absolute Gasteiger partial charge is 0.410 e. The number of likely N-dealkylation sites (tertiary alicyclic amines) is 1. The summed E-state index contributed by atoms with van der Waals surface area (Å²) in [6, 6.07) is 11.5. The number of aromatic nitrogens is 3. The highest BCUT2D eigenvalue weighted by Crippen LogP contribution is 2.40. The maximum Gasteiger partial charge on any atom is 0.410 e. The fourth-order valence-electron chi connectivity index (χ4n) is 6.03. The summed E-state index contributed by atoms with van der Waals surface area (Å²) in [7, 11) is -3.90. The maximum absolute atomic E-state index is 15.2. The fourth-order valence-corrected chi connectivity index (χ4v) is 7.38. The Morgan fingerprint density at radius 3 is 2.65 bits per heavy atom. The van der Waals surface area contributed by atoms with Gasteiger partial charge in [0.15, 0.2) is 0 Å². The van der Waals surface area contributed by atoms with Gasteiger partial charge in [0, 0.05) is 48.9 Å². The topological polar surface area (TPSA) is 145 Å². The number of carbonyl (C=O) groups excluding carboxylic acids is 1. The third-order valence-electron chi connectivity index (χ3n) is 8.29. The van der Waals surface area contributed by atoms with Crippen LogP contribution in [0.1, 0.15) is 52.0 Å². The molecule has 4 heterocycles. The Labute approximate surface area is 285 Å². The van der Waals surface area contributed by atoms with Crippen molar-refractivity contribution in [3.05, 3.63) is 66.2 Å². The van der Waals surface area contributed by atoms with Gasteiger partial charge in [-0.1, -0.05) is 12.1 Å². The van der Waals surface area contributed by atoms with E-state index >= 15 is 4.39 Å². The number of fused-ring (bicyclic) bond motifs is 1. The summed E-state index contributed by atoms with van der Waals surface area (Å²) in [6.07, 6.45) is 5.53. The lowest BCUT2D eigenvalue weighted by Crippen LogP contribution is -2.47. The molecule has 2 fully saturated rings. The molecule has 49 heavy (non-hydrogen) atoms. The number of aryl methyl sites for hydroxylation is 1. The van der Waals surface area contributed by atoms with Gasteiger partial charge in [0.1, 0.15) is 17.2 Å². The van der Waals surface area contributed by atoms with Crippen LogP contribution in [0, 0.1) is 12.7 Å². The zero-order chi connectivity index (χ0) is 34.8. The minimum Gasteiger partial charge on any atom is -0.444 e. The molecule has 2 aliphatic rings. The van der Waals surface area contributed by atoms with Gasteiger partial charge < -0.3 is 24.4 Å². The highest BCUT2D eigenvalue weighted by Gasteiger charge is 2.29. The molecule has 14 heteroatoms. The molecule has 0 aliphatic carbocycles. The highest BCUT2D eigenvalue weighted by molar-refractivity contribution is 7.92. The van der Waals surface area contributed by atoms with E-state index in [-0.39, 0.29) is 29.5 Å². The number of benzene rings is 2. The highest BCUT2D eigenvalue weighted by atomic mass is 32.2. The largest absolute Gasteiger partial charge is 0.444 e. The lowest BCUT2D eigenvalue weighted by atomic mass is 10.0. The van der Waals surface area contributed by atoms with Crippen LogP contribution in [0.2, 0.25) is 0 Å². The number of rotatable bonds is 9. The predicted octanol–water partition coefficient (Wildman–Crippen LogP) is 6.66. The van der Waals surface area contributed by atoms with E-state index in [0.717, 1.165) is 24.8 Å². The normalized spacial score (nSPS) is 18.3. The molecule has 2 N–H and O–H groups in total. The van der Waals surface area contributed by atoms with Gasteiger partial charge in [-0.2, -0.15) is 0 Å². The second-order valence-electron chi connectivity index (χ2n) is 13.4. The molecule has 0 spiro atoms. The minimum atomic E-state index is -3.90. The van der Waals surface area contributed by atoms with Crippen LogP contribution in [-0.2, 0) is 19.5 Å². The average Bonchev–Trinajstić information content (AvgIpc) is 3.55. The quantitative estimate of drug-likeness (QED) is 0.195. The summed E-state index contributed by atoms with van der Waals surface area (Å²) in [4.78, 5) is 28.0. The van der Waals surface area contributed by atoms with Crippen LogP contribution in [0.15, 0.2) is 54.9 Å². The SMILES string of the molecule is Cc1ccc2c(NS(=O)(=O)C[C@@H]3CCCO3)c(F)ccc2c1Oc1ncccc1-c1ccnc(NC2CCCN(C(=O)OC(C)(C)C)C2)n1.